The molecule has 4 aromatic rings. The van der Waals surface area contributed by atoms with Crippen LogP contribution in [0.3, 0.4) is 0 Å². The van der Waals surface area contributed by atoms with Gasteiger partial charge in [0.25, 0.3) is 0 Å². The van der Waals surface area contributed by atoms with Gasteiger partial charge >= 0.3 is 5.97 Å². The first-order chi connectivity index (χ1) is 15.0. The second-order valence-electron chi connectivity index (χ2n) is 6.90. The highest BCUT2D eigenvalue weighted by molar-refractivity contribution is 5.85. The molecule has 1 unspecified atom stereocenters. The minimum absolute atomic E-state index is 0. The van der Waals surface area contributed by atoms with E-state index < -0.39 is 12.0 Å². The predicted octanol–water partition coefficient (Wildman–Crippen LogP) is 4.19. The van der Waals surface area contributed by atoms with Crippen molar-refractivity contribution < 1.29 is 23.8 Å². The standard InChI is InChI=1S/C24H19NO6.ClH/c25-20(12-15-6-8-16(26)9-7-15)24(28)31-18-10-11-19-21(13-18)29-14-22(23(19)27)30-17-4-2-1-3-5-17;/h1-11,13-14,20,26H,12,25H2;1H. The monoisotopic (exact) mass is 453 g/mol. The predicted molar refractivity (Wildman–Crippen MR) is 122 cm³/mol. The highest BCUT2D eigenvalue weighted by atomic mass is 35.5. The van der Waals surface area contributed by atoms with Crippen molar-refractivity contribution in [1.29, 1.82) is 0 Å². The maximum Gasteiger partial charge on any atom is 0.328 e. The van der Waals surface area contributed by atoms with Crippen LogP contribution in [0, 0.1) is 0 Å². The highest BCUT2D eigenvalue weighted by Crippen LogP contribution is 2.24. The van der Waals surface area contributed by atoms with Gasteiger partial charge in [-0.05, 0) is 48.4 Å². The molecule has 0 spiro atoms. The van der Waals surface area contributed by atoms with Gasteiger partial charge in [-0.3, -0.25) is 4.79 Å². The van der Waals surface area contributed by atoms with Crippen LogP contribution in [0.15, 0.2) is 88.3 Å². The Hall–Kier alpha value is -3.81. The number of esters is 1. The third kappa shape index (κ3) is 5.26. The van der Waals surface area contributed by atoms with E-state index in [4.69, 9.17) is 19.6 Å². The quantitative estimate of drug-likeness (QED) is 0.332. The lowest BCUT2D eigenvalue weighted by Crippen LogP contribution is -2.36. The maximum absolute atomic E-state index is 12.7. The first-order valence-corrected chi connectivity index (χ1v) is 9.53. The molecular formula is C24H20ClNO6. The largest absolute Gasteiger partial charge is 0.508 e. The Balaban J connectivity index is 0.00000289. The molecule has 3 aromatic carbocycles. The fraction of sp³-hybridized carbons (Fsp3) is 0.0833. The summed E-state index contributed by atoms with van der Waals surface area (Å²) in [5.74, 6) is 0.286. The molecule has 32 heavy (non-hydrogen) atoms. The summed E-state index contributed by atoms with van der Waals surface area (Å²) in [6.45, 7) is 0. The van der Waals surface area contributed by atoms with Crippen molar-refractivity contribution in [3.63, 3.8) is 0 Å². The molecule has 0 fully saturated rings. The molecule has 0 amide bonds. The van der Waals surface area contributed by atoms with Gasteiger partial charge in [0, 0.05) is 6.07 Å². The molecule has 0 bridgehead atoms. The van der Waals surface area contributed by atoms with E-state index in [1.807, 2.05) is 6.07 Å². The smallest absolute Gasteiger partial charge is 0.328 e. The van der Waals surface area contributed by atoms with Crippen LogP contribution >= 0.6 is 12.4 Å². The van der Waals surface area contributed by atoms with Gasteiger partial charge in [-0.25, -0.2) is 4.79 Å². The summed E-state index contributed by atoms with van der Waals surface area (Å²) in [6.07, 6.45) is 1.47. The molecule has 0 aliphatic heterocycles. The Bertz CT molecular complexity index is 1270. The van der Waals surface area contributed by atoms with Crippen molar-refractivity contribution in [3.05, 3.63) is 94.8 Å². The number of benzene rings is 3. The lowest BCUT2D eigenvalue weighted by atomic mass is 10.1. The van der Waals surface area contributed by atoms with E-state index in [1.165, 1.54) is 36.6 Å². The van der Waals surface area contributed by atoms with Crippen molar-refractivity contribution in [2.75, 3.05) is 0 Å². The van der Waals surface area contributed by atoms with Gasteiger partial charge in [0.1, 0.15) is 35.1 Å². The average molecular weight is 454 g/mol. The number of para-hydroxylation sites is 1. The van der Waals surface area contributed by atoms with Crippen molar-refractivity contribution in [1.82, 2.24) is 0 Å². The summed E-state index contributed by atoms with van der Waals surface area (Å²) in [7, 11) is 0. The summed E-state index contributed by atoms with van der Waals surface area (Å²) in [5.41, 5.74) is 6.64. The molecule has 0 aliphatic carbocycles. The number of hydrogen-bond donors (Lipinski definition) is 2. The zero-order valence-electron chi connectivity index (χ0n) is 16.8. The van der Waals surface area contributed by atoms with E-state index in [9.17, 15) is 14.7 Å². The van der Waals surface area contributed by atoms with Crippen LogP contribution in [0.4, 0.5) is 0 Å². The number of fused-ring (bicyclic) bond motifs is 1. The highest BCUT2D eigenvalue weighted by Gasteiger charge is 2.18. The van der Waals surface area contributed by atoms with Gasteiger partial charge in [-0.15, -0.1) is 12.4 Å². The van der Waals surface area contributed by atoms with Crippen LogP contribution < -0.4 is 20.6 Å². The van der Waals surface area contributed by atoms with Gasteiger partial charge < -0.3 is 24.7 Å². The van der Waals surface area contributed by atoms with Crippen LogP contribution in [-0.2, 0) is 11.2 Å². The summed E-state index contributed by atoms with van der Waals surface area (Å²) in [4.78, 5) is 25.0. The van der Waals surface area contributed by atoms with E-state index in [-0.39, 0.29) is 47.1 Å². The van der Waals surface area contributed by atoms with Crippen molar-refractivity contribution >= 4 is 29.3 Å². The van der Waals surface area contributed by atoms with Gasteiger partial charge in [-0.2, -0.15) is 0 Å². The topological polar surface area (TPSA) is 112 Å². The molecule has 1 atom stereocenters. The van der Waals surface area contributed by atoms with Crippen molar-refractivity contribution in [2.45, 2.75) is 12.5 Å². The Morgan fingerprint density at radius 2 is 1.72 bits per heavy atom. The number of rotatable bonds is 6. The molecule has 0 radical (unpaired) electrons. The SMILES string of the molecule is Cl.NC(Cc1ccc(O)cc1)C(=O)Oc1ccc2c(=O)c(Oc3ccccc3)coc2c1. The molecule has 4 rings (SSSR count). The molecule has 0 saturated carbocycles. The second-order valence-corrected chi connectivity index (χ2v) is 6.90. The van der Waals surface area contributed by atoms with E-state index in [0.717, 1.165) is 5.56 Å². The Kier molecular flexibility index (Phi) is 7.14. The van der Waals surface area contributed by atoms with Crippen LogP contribution in [0.1, 0.15) is 5.56 Å². The molecule has 0 aliphatic rings. The number of hydrogen-bond acceptors (Lipinski definition) is 7. The summed E-state index contributed by atoms with van der Waals surface area (Å²) < 4.78 is 16.4. The Morgan fingerprint density at radius 1 is 1.00 bits per heavy atom. The summed E-state index contributed by atoms with van der Waals surface area (Å²) >= 11 is 0. The Morgan fingerprint density at radius 3 is 2.44 bits per heavy atom. The van der Waals surface area contributed by atoms with E-state index >= 15 is 0 Å². The zero-order valence-corrected chi connectivity index (χ0v) is 17.6. The third-order valence-corrected chi connectivity index (χ3v) is 4.60. The molecule has 8 heteroatoms. The third-order valence-electron chi connectivity index (χ3n) is 4.60. The van der Waals surface area contributed by atoms with Crippen LogP contribution in [-0.4, -0.2) is 17.1 Å². The minimum Gasteiger partial charge on any atom is -0.508 e. The number of nitrogens with two attached hydrogens (primary N) is 1. The number of aromatic hydroxyl groups is 1. The maximum atomic E-state index is 12.7. The fourth-order valence-electron chi connectivity index (χ4n) is 3.00. The van der Waals surface area contributed by atoms with Crippen molar-refractivity contribution in [3.8, 4) is 23.0 Å². The van der Waals surface area contributed by atoms with E-state index in [0.29, 0.717) is 11.1 Å². The van der Waals surface area contributed by atoms with Crippen molar-refractivity contribution in [2.24, 2.45) is 5.73 Å². The zero-order chi connectivity index (χ0) is 21.8. The molecule has 1 heterocycles. The second kappa shape index (κ2) is 10.00. The first kappa shape index (κ1) is 22.9. The number of carbonyl (C=O) groups excluding carboxylic acids is 1. The number of phenols is 1. The Labute approximate surface area is 189 Å². The van der Waals surface area contributed by atoms with Gasteiger partial charge in [0.05, 0.1) is 5.39 Å². The minimum atomic E-state index is -0.895. The molecule has 3 N–H and O–H groups in total. The first-order valence-electron chi connectivity index (χ1n) is 9.53. The lowest BCUT2D eigenvalue weighted by molar-refractivity contribution is -0.135. The number of ether oxygens (including phenoxy) is 2. The number of halogens is 1. The van der Waals surface area contributed by atoms with Gasteiger partial charge in [-0.1, -0.05) is 30.3 Å². The summed E-state index contributed by atoms with van der Waals surface area (Å²) in [6, 6.07) is 18.9. The lowest BCUT2D eigenvalue weighted by Gasteiger charge is -2.12. The molecule has 164 valence electrons. The number of phenolic OH excluding ortho intramolecular Hbond substituents is 1. The molecule has 1 aromatic heterocycles. The van der Waals surface area contributed by atoms with Crippen LogP contribution in [0.2, 0.25) is 0 Å². The summed E-state index contributed by atoms with van der Waals surface area (Å²) in [5, 5.41) is 9.62. The van der Waals surface area contributed by atoms with Crippen LogP contribution in [0.25, 0.3) is 11.0 Å². The van der Waals surface area contributed by atoms with E-state index in [1.54, 1.807) is 36.4 Å². The average Bonchev–Trinajstić information content (AvgIpc) is 2.78. The van der Waals surface area contributed by atoms with Gasteiger partial charge in [0.15, 0.2) is 0 Å². The molecule has 0 saturated heterocycles. The normalized spacial score (nSPS) is 11.4. The van der Waals surface area contributed by atoms with Crippen LogP contribution in [0.5, 0.6) is 23.0 Å². The molecular weight excluding hydrogens is 434 g/mol. The molecule has 7 nitrogen and oxygen atoms in total. The fourth-order valence-corrected chi connectivity index (χ4v) is 3.00. The van der Waals surface area contributed by atoms with Gasteiger partial charge in [0.2, 0.25) is 11.2 Å². The number of carbonyl (C=O) groups is 1. The van der Waals surface area contributed by atoms with E-state index in [2.05, 4.69) is 0 Å².